The number of anilines is 1. The van der Waals surface area contributed by atoms with Crippen LogP contribution in [0.4, 0.5) is 5.82 Å². The van der Waals surface area contributed by atoms with Gasteiger partial charge in [-0.25, -0.2) is 9.97 Å². The van der Waals surface area contributed by atoms with E-state index >= 15 is 0 Å². The molecular formula is C12H10Cl2IN3. The Kier molecular flexibility index (Phi) is 4.64. The molecule has 0 radical (unpaired) electrons. The van der Waals surface area contributed by atoms with E-state index in [0.29, 0.717) is 16.5 Å². The Morgan fingerprint density at radius 1 is 1.33 bits per heavy atom. The molecule has 2 aromatic rings. The van der Waals surface area contributed by atoms with Crippen LogP contribution in [0.25, 0.3) is 0 Å². The van der Waals surface area contributed by atoms with Crippen LogP contribution in [0.2, 0.25) is 10.0 Å². The smallest absolute Gasteiger partial charge is 0.142 e. The predicted octanol–water partition coefficient (Wildman–Crippen LogP) is 4.02. The van der Waals surface area contributed by atoms with Gasteiger partial charge in [0.25, 0.3) is 0 Å². The van der Waals surface area contributed by atoms with Crippen LogP contribution in [0, 0.1) is 3.57 Å². The second-order valence-corrected chi connectivity index (χ2v) is 5.65. The molecule has 18 heavy (non-hydrogen) atoms. The molecule has 94 valence electrons. The van der Waals surface area contributed by atoms with Crippen molar-refractivity contribution >= 4 is 51.6 Å². The standard InChI is InChI=1S/C12H10Cl2IN3/c1-16-12-10(15)6-17-11(18-12)4-7-2-3-8(13)5-9(7)14/h2-3,5-6H,4H2,1H3,(H,16,17,18). The maximum absolute atomic E-state index is 6.13. The Balaban J connectivity index is 2.28. The molecule has 0 spiro atoms. The first kappa shape index (κ1) is 13.8. The SMILES string of the molecule is CNc1nc(Cc2ccc(Cl)cc2Cl)ncc1I. The summed E-state index contributed by atoms with van der Waals surface area (Å²) < 4.78 is 0.987. The molecule has 6 heteroatoms. The van der Waals surface area contributed by atoms with Crippen molar-refractivity contribution in [1.82, 2.24) is 9.97 Å². The van der Waals surface area contributed by atoms with Crippen molar-refractivity contribution in [2.75, 3.05) is 12.4 Å². The van der Waals surface area contributed by atoms with Crippen LogP contribution in [0.3, 0.4) is 0 Å². The van der Waals surface area contributed by atoms with Crippen molar-refractivity contribution in [2.24, 2.45) is 0 Å². The van der Waals surface area contributed by atoms with Crippen molar-refractivity contribution in [2.45, 2.75) is 6.42 Å². The van der Waals surface area contributed by atoms with Crippen molar-refractivity contribution < 1.29 is 0 Å². The molecule has 1 aromatic carbocycles. The number of benzene rings is 1. The number of halogens is 3. The van der Waals surface area contributed by atoms with E-state index in [9.17, 15) is 0 Å². The van der Waals surface area contributed by atoms with Gasteiger partial charge in [0.15, 0.2) is 0 Å². The Morgan fingerprint density at radius 3 is 2.78 bits per heavy atom. The summed E-state index contributed by atoms with van der Waals surface area (Å²) in [5, 5.41) is 4.30. The van der Waals surface area contributed by atoms with Gasteiger partial charge < -0.3 is 5.32 Å². The molecule has 0 saturated carbocycles. The highest BCUT2D eigenvalue weighted by Crippen LogP contribution is 2.23. The first-order chi connectivity index (χ1) is 8.60. The fraction of sp³-hybridized carbons (Fsp3) is 0.167. The number of hydrogen-bond donors (Lipinski definition) is 1. The summed E-state index contributed by atoms with van der Waals surface area (Å²) >= 11 is 14.2. The molecule has 1 aromatic heterocycles. The average Bonchev–Trinajstić information content (AvgIpc) is 2.35. The minimum atomic E-state index is 0.585. The van der Waals surface area contributed by atoms with Crippen molar-refractivity contribution in [1.29, 1.82) is 0 Å². The van der Waals surface area contributed by atoms with Crippen LogP contribution in [0.15, 0.2) is 24.4 Å². The average molecular weight is 394 g/mol. The molecule has 0 saturated heterocycles. The van der Waals surface area contributed by atoms with Gasteiger partial charge in [0.1, 0.15) is 11.6 Å². The van der Waals surface area contributed by atoms with Gasteiger partial charge in [-0.1, -0.05) is 29.3 Å². The van der Waals surface area contributed by atoms with Gasteiger partial charge in [0.2, 0.25) is 0 Å². The van der Waals surface area contributed by atoms with E-state index in [-0.39, 0.29) is 0 Å². The Labute approximate surface area is 129 Å². The van der Waals surface area contributed by atoms with Gasteiger partial charge in [-0.2, -0.15) is 0 Å². The van der Waals surface area contributed by atoms with Gasteiger partial charge in [0.05, 0.1) is 3.57 Å². The zero-order valence-electron chi connectivity index (χ0n) is 9.54. The third-order valence-corrected chi connectivity index (χ3v) is 3.77. The first-order valence-electron chi connectivity index (χ1n) is 5.23. The van der Waals surface area contributed by atoms with Crippen LogP contribution in [0.1, 0.15) is 11.4 Å². The lowest BCUT2D eigenvalue weighted by atomic mass is 10.1. The molecule has 0 atom stereocenters. The molecule has 0 bridgehead atoms. The molecule has 1 N–H and O–H groups in total. The molecule has 2 rings (SSSR count). The lowest BCUT2D eigenvalue weighted by molar-refractivity contribution is 0.963. The molecular weight excluding hydrogens is 384 g/mol. The molecule has 0 aliphatic carbocycles. The number of nitrogens with zero attached hydrogens (tertiary/aromatic N) is 2. The Bertz CT molecular complexity index is 575. The minimum Gasteiger partial charge on any atom is -0.372 e. The number of aromatic nitrogens is 2. The fourth-order valence-corrected chi connectivity index (χ4v) is 2.50. The lowest BCUT2D eigenvalue weighted by Gasteiger charge is -2.07. The summed E-state index contributed by atoms with van der Waals surface area (Å²) in [6, 6.07) is 5.43. The third-order valence-electron chi connectivity index (χ3n) is 2.39. The molecule has 0 amide bonds. The van der Waals surface area contributed by atoms with E-state index in [0.717, 1.165) is 20.8 Å². The van der Waals surface area contributed by atoms with E-state index in [1.165, 1.54) is 0 Å². The van der Waals surface area contributed by atoms with Gasteiger partial charge in [-0.05, 0) is 40.3 Å². The molecule has 3 nitrogen and oxygen atoms in total. The zero-order valence-corrected chi connectivity index (χ0v) is 13.2. The Morgan fingerprint density at radius 2 is 2.11 bits per heavy atom. The van der Waals surface area contributed by atoms with Crippen LogP contribution in [0.5, 0.6) is 0 Å². The molecule has 0 fully saturated rings. The van der Waals surface area contributed by atoms with Crippen LogP contribution >= 0.6 is 45.8 Å². The van der Waals surface area contributed by atoms with Crippen LogP contribution < -0.4 is 5.32 Å². The molecule has 0 aliphatic heterocycles. The van der Waals surface area contributed by atoms with Gasteiger partial charge >= 0.3 is 0 Å². The Hall–Kier alpha value is -0.590. The van der Waals surface area contributed by atoms with E-state index < -0.39 is 0 Å². The monoisotopic (exact) mass is 393 g/mol. The molecule has 0 unspecified atom stereocenters. The first-order valence-corrected chi connectivity index (χ1v) is 7.06. The second-order valence-electron chi connectivity index (χ2n) is 3.65. The normalized spacial score (nSPS) is 10.4. The third kappa shape index (κ3) is 3.24. The number of hydrogen-bond acceptors (Lipinski definition) is 3. The van der Waals surface area contributed by atoms with E-state index in [2.05, 4.69) is 37.9 Å². The van der Waals surface area contributed by atoms with Crippen molar-refractivity contribution in [3.05, 3.63) is 49.4 Å². The summed E-state index contributed by atoms with van der Waals surface area (Å²) in [5.41, 5.74) is 0.962. The quantitative estimate of drug-likeness (QED) is 0.800. The van der Waals surface area contributed by atoms with Gasteiger partial charge in [-0.15, -0.1) is 0 Å². The summed E-state index contributed by atoms with van der Waals surface area (Å²) in [4.78, 5) is 8.72. The minimum absolute atomic E-state index is 0.585. The summed E-state index contributed by atoms with van der Waals surface area (Å²) in [7, 11) is 1.84. The van der Waals surface area contributed by atoms with Crippen molar-refractivity contribution in [3.63, 3.8) is 0 Å². The van der Waals surface area contributed by atoms with Gasteiger partial charge in [0, 0.05) is 29.7 Å². The maximum Gasteiger partial charge on any atom is 0.142 e. The zero-order chi connectivity index (χ0) is 13.1. The number of rotatable bonds is 3. The summed E-state index contributed by atoms with van der Waals surface area (Å²) in [6.07, 6.45) is 2.38. The predicted molar refractivity (Wildman–Crippen MR) is 83.6 cm³/mol. The highest BCUT2D eigenvalue weighted by atomic mass is 127. The van der Waals surface area contributed by atoms with Crippen molar-refractivity contribution in [3.8, 4) is 0 Å². The summed E-state index contributed by atoms with van der Waals surface area (Å²) in [5.74, 6) is 1.55. The van der Waals surface area contributed by atoms with E-state index in [1.807, 2.05) is 19.2 Å². The fourth-order valence-electron chi connectivity index (χ4n) is 1.50. The largest absolute Gasteiger partial charge is 0.372 e. The molecule has 1 heterocycles. The second kappa shape index (κ2) is 6.04. The topological polar surface area (TPSA) is 37.8 Å². The van der Waals surface area contributed by atoms with E-state index in [1.54, 1.807) is 12.3 Å². The highest BCUT2D eigenvalue weighted by Gasteiger charge is 2.07. The summed E-state index contributed by atoms with van der Waals surface area (Å²) in [6.45, 7) is 0. The van der Waals surface area contributed by atoms with Crippen LogP contribution in [-0.4, -0.2) is 17.0 Å². The highest BCUT2D eigenvalue weighted by molar-refractivity contribution is 14.1. The maximum atomic E-state index is 6.13. The number of nitrogens with one attached hydrogen (secondary N) is 1. The lowest BCUT2D eigenvalue weighted by Crippen LogP contribution is -2.03. The van der Waals surface area contributed by atoms with E-state index in [4.69, 9.17) is 23.2 Å². The van der Waals surface area contributed by atoms with Crippen LogP contribution in [-0.2, 0) is 6.42 Å². The molecule has 0 aliphatic rings. The van der Waals surface area contributed by atoms with Gasteiger partial charge in [-0.3, -0.25) is 0 Å².